The van der Waals surface area contributed by atoms with Crippen molar-refractivity contribution >= 4 is 17.6 Å². The van der Waals surface area contributed by atoms with Gasteiger partial charge in [-0.15, -0.1) is 0 Å². The minimum absolute atomic E-state index is 0.0102. The molecule has 1 aromatic rings. The maximum absolute atomic E-state index is 12.0. The lowest BCUT2D eigenvalue weighted by molar-refractivity contribution is -0.385. The Balaban J connectivity index is 2.71. The molecule has 1 rings (SSSR count). The highest BCUT2D eigenvalue weighted by Gasteiger charge is 2.24. The summed E-state index contributed by atoms with van der Waals surface area (Å²) in [7, 11) is 0. The number of nitro benzene ring substituents is 1. The second-order valence-electron chi connectivity index (χ2n) is 5.06. The van der Waals surface area contributed by atoms with Crippen molar-refractivity contribution in [2.24, 2.45) is 0 Å². The number of nitro groups is 1. The monoisotopic (exact) mass is 308 g/mol. The molecule has 22 heavy (non-hydrogen) atoms. The number of nitrogens with zero attached hydrogens (tertiary/aromatic N) is 1. The molecule has 0 heterocycles. The van der Waals surface area contributed by atoms with Crippen molar-refractivity contribution in [1.82, 2.24) is 5.32 Å². The van der Waals surface area contributed by atoms with E-state index < -0.39 is 23.4 Å². The fourth-order valence-corrected chi connectivity index (χ4v) is 2.09. The highest BCUT2D eigenvalue weighted by Crippen LogP contribution is 2.22. The van der Waals surface area contributed by atoms with Gasteiger partial charge in [0.2, 0.25) is 0 Å². The van der Waals surface area contributed by atoms with Gasteiger partial charge in [0.1, 0.15) is 5.56 Å². The molecule has 0 spiro atoms. The van der Waals surface area contributed by atoms with Gasteiger partial charge in [0.05, 0.1) is 4.92 Å². The number of benzene rings is 1. The lowest BCUT2D eigenvalue weighted by Crippen LogP contribution is -2.35. The maximum atomic E-state index is 12.0. The number of carbonyl (C=O) groups excluding carboxylic acids is 2. The minimum Gasteiger partial charge on any atom is -0.452 e. The van der Waals surface area contributed by atoms with Gasteiger partial charge in [-0.2, -0.15) is 0 Å². The number of hydrogen-bond acceptors (Lipinski definition) is 5. The Morgan fingerprint density at radius 3 is 2.68 bits per heavy atom. The van der Waals surface area contributed by atoms with Gasteiger partial charge in [0.25, 0.3) is 11.6 Å². The van der Waals surface area contributed by atoms with E-state index in [0.717, 1.165) is 12.8 Å². The molecule has 120 valence electrons. The fraction of sp³-hybridized carbons (Fsp3) is 0.467. The summed E-state index contributed by atoms with van der Waals surface area (Å²) in [5, 5.41) is 13.6. The summed E-state index contributed by atoms with van der Waals surface area (Å²) in [5.41, 5.74) is -0.0226. The summed E-state index contributed by atoms with van der Waals surface area (Å²) in [6.07, 6.45) is 1.75. The van der Waals surface area contributed by atoms with Crippen LogP contribution in [0.1, 0.15) is 42.6 Å². The van der Waals surface area contributed by atoms with Crippen LogP contribution in [0.4, 0.5) is 5.69 Å². The lowest BCUT2D eigenvalue weighted by Gasteiger charge is -2.13. The average Bonchev–Trinajstić information content (AvgIpc) is 2.44. The summed E-state index contributed by atoms with van der Waals surface area (Å²) in [6, 6.07) is 4.28. The maximum Gasteiger partial charge on any atom is 0.345 e. The van der Waals surface area contributed by atoms with E-state index in [1.807, 2.05) is 13.8 Å². The van der Waals surface area contributed by atoms with Gasteiger partial charge in [-0.25, -0.2) is 4.79 Å². The van der Waals surface area contributed by atoms with E-state index >= 15 is 0 Å². The molecule has 1 atom stereocenters. The molecule has 0 aliphatic carbocycles. The van der Waals surface area contributed by atoms with Crippen LogP contribution in [0.25, 0.3) is 0 Å². The first kappa shape index (κ1) is 17.6. The van der Waals surface area contributed by atoms with E-state index in [9.17, 15) is 19.7 Å². The van der Waals surface area contributed by atoms with Gasteiger partial charge in [0.15, 0.2) is 6.61 Å². The standard InChI is InChI=1S/C15H20N2O5/c1-4-6-11(3)16-13(18)9-22-15(19)14-10(2)7-5-8-12(14)17(20)21/h5,7-8,11H,4,6,9H2,1-3H3,(H,16,18). The van der Waals surface area contributed by atoms with Crippen molar-refractivity contribution in [1.29, 1.82) is 0 Å². The van der Waals surface area contributed by atoms with Crippen LogP contribution >= 0.6 is 0 Å². The summed E-state index contributed by atoms with van der Waals surface area (Å²) in [5.74, 6) is -1.30. The Bertz CT molecular complexity index is 571. The molecule has 0 aliphatic heterocycles. The fourth-order valence-electron chi connectivity index (χ4n) is 2.09. The van der Waals surface area contributed by atoms with Crippen LogP contribution < -0.4 is 5.32 Å². The van der Waals surface area contributed by atoms with Crippen LogP contribution in [0.5, 0.6) is 0 Å². The first-order valence-electron chi connectivity index (χ1n) is 7.07. The number of esters is 1. The third kappa shape index (κ3) is 4.83. The Morgan fingerprint density at radius 1 is 1.41 bits per heavy atom. The molecule has 0 saturated heterocycles. The van der Waals surface area contributed by atoms with Gasteiger partial charge in [0, 0.05) is 12.1 Å². The van der Waals surface area contributed by atoms with Crippen LogP contribution in [0.2, 0.25) is 0 Å². The largest absolute Gasteiger partial charge is 0.452 e. The van der Waals surface area contributed by atoms with Crippen molar-refractivity contribution in [3.8, 4) is 0 Å². The number of carbonyl (C=O) groups is 2. The normalized spacial score (nSPS) is 11.6. The number of rotatable bonds is 7. The predicted molar refractivity (Wildman–Crippen MR) is 80.6 cm³/mol. The quantitative estimate of drug-likeness (QED) is 0.473. The number of aryl methyl sites for hydroxylation is 1. The molecule has 7 heteroatoms. The number of hydrogen-bond donors (Lipinski definition) is 1. The lowest BCUT2D eigenvalue weighted by atomic mass is 10.1. The highest BCUT2D eigenvalue weighted by molar-refractivity contribution is 5.96. The van der Waals surface area contributed by atoms with Gasteiger partial charge >= 0.3 is 5.97 Å². The summed E-state index contributed by atoms with van der Waals surface area (Å²) >= 11 is 0. The SMILES string of the molecule is CCCC(C)NC(=O)COC(=O)c1c(C)cccc1[N+](=O)[O-]. The summed E-state index contributed by atoms with van der Waals surface area (Å²) in [4.78, 5) is 34.0. The summed E-state index contributed by atoms with van der Waals surface area (Å²) in [6.45, 7) is 4.97. The second-order valence-corrected chi connectivity index (χ2v) is 5.06. The molecule has 0 aromatic heterocycles. The molecule has 0 aliphatic rings. The molecule has 1 aromatic carbocycles. The van der Waals surface area contributed by atoms with Crippen molar-refractivity contribution in [3.63, 3.8) is 0 Å². The minimum atomic E-state index is -0.872. The zero-order valence-electron chi connectivity index (χ0n) is 12.9. The first-order chi connectivity index (χ1) is 10.4. The van der Waals surface area contributed by atoms with E-state index in [-0.39, 0.29) is 17.3 Å². The second kappa shape index (κ2) is 8.11. The van der Waals surface area contributed by atoms with E-state index in [1.54, 1.807) is 13.0 Å². The van der Waals surface area contributed by atoms with Crippen LogP contribution in [0.15, 0.2) is 18.2 Å². The van der Waals surface area contributed by atoms with Crippen LogP contribution in [0, 0.1) is 17.0 Å². The third-order valence-corrected chi connectivity index (χ3v) is 3.12. The summed E-state index contributed by atoms with van der Waals surface area (Å²) < 4.78 is 4.89. The van der Waals surface area contributed by atoms with Gasteiger partial charge < -0.3 is 10.1 Å². The zero-order valence-corrected chi connectivity index (χ0v) is 12.9. The molecule has 1 unspecified atom stereocenters. The number of ether oxygens (including phenoxy) is 1. The van der Waals surface area contributed by atoms with E-state index in [4.69, 9.17) is 4.74 Å². The van der Waals surface area contributed by atoms with Crippen molar-refractivity contribution in [2.45, 2.75) is 39.7 Å². The molecule has 0 saturated carbocycles. The van der Waals surface area contributed by atoms with E-state index in [2.05, 4.69) is 5.32 Å². The Morgan fingerprint density at radius 2 is 2.09 bits per heavy atom. The van der Waals surface area contributed by atoms with Crippen molar-refractivity contribution in [2.75, 3.05) is 6.61 Å². The van der Waals surface area contributed by atoms with Gasteiger partial charge in [-0.1, -0.05) is 25.5 Å². The molecule has 7 nitrogen and oxygen atoms in total. The number of amides is 1. The molecule has 0 radical (unpaired) electrons. The van der Waals surface area contributed by atoms with Gasteiger partial charge in [-0.05, 0) is 25.8 Å². The van der Waals surface area contributed by atoms with E-state index in [1.165, 1.54) is 12.1 Å². The predicted octanol–water partition coefficient (Wildman–Crippen LogP) is 2.36. The van der Waals surface area contributed by atoms with Crippen LogP contribution in [-0.4, -0.2) is 29.4 Å². The molecule has 0 fully saturated rings. The molecular formula is C15H20N2O5. The average molecular weight is 308 g/mol. The topological polar surface area (TPSA) is 98.5 Å². The Kier molecular flexibility index (Phi) is 6.49. The van der Waals surface area contributed by atoms with Crippen LogP contribution in [-0.2, 0) is 9.53 Å². The highest BCUT2D eigenvalue weighted by atomic mass is 16.6. The Labute approximate surface area is 128 Å². The Hall–Kier alpha value is -2.44. The molecule has 0 bridgehead atoms. The number of nitrogens with one attached hydrogen (secondary N) is 1. The van der Waals surface area contributed by atoms with Crippen molar-refractivity contribution in [3.05, 3.63) is 39.4 Å². The molecule has 1 amide bonds. The molecule has 1 N–H and O–H groups in total. The smallest absolute Gasteiger partial charge is 0.345 e. The zero-order chi connectivity index (χ0) is 16.7. The van der Waals surface area contributed by atoms with E-state index in [0.29, 0.717) is 5.56 Å². The third-order valence-electron chi connectivity index (χ3n) is 3.12. The van der Waals surface area contributed by atoms with Crippen LogP contribution in [0.3, 0.4) is 0 Å². The molecular weight excluding hydrogens is 288 g/mol. The first-order valence-corrected chi connectivity index (χ1v) is 7.07. The van der Waals surface area contributed by atoms with Crippen molar-refractivity contribution < 1.29 is 19.2 Å². The van der Waals surface area contributed by atoms with Gasteiger partial charge in [-0.3, -0.25) is 14.9 Å².